The van der Waals surface area contributed by atoms with E-state index >= 15 is 0 Å². The van der Waals surface area contributed by atoms with Gasteiger partial charge in [-0.25, -0.2) is 0 Å². The minimum absolute atomic E-state index is 0.112. The first-order chi connectivity index (χ1) is 8.21. The average molecular weight is 236 g/mol. The van der Waals surface area contributed by atoms with Gasteiger partial charge < -0.3 is 15.4 Å². The molecular weight excluding hydrogens is 212 g/mol. The highest BCUT2D eigenvalue weighted by molar-refractivity contribution is 5.48. The van der Waals surface area contributed by atoms with Gasteiger partial charge in [-0.15, -0.1) is 0 Å². The van der Waals surface area contributed by atoms with E-state index in [1.807, 2.05) is 6.92 Å². The Kier molecular flexibility index (Phi) is 6.01. The van der Waals surface area contributed by atoms with Crippen LogP contribution in [-0.4, -0.2) is 32.3 Å². The second-order valence-corrected chi connectivity index (χ2v) is 4.19. The van der Waals surface area contributed by atoms with Gasteiger partial charge in [-0.3, -0.25) is 0 Å². The van der Waals surface area contributed by atoms with E-state index in [0.717, 1.165) is 13.1 Å². The van der Waals surface area contributed by atoms with Crippen molar-refractivity contribution in [2.24, 2.45) is 5.73 Å². The van der Waals surface area contributed by atoms with Gasteiger partial charge in [-0.05, 0) is 38.5 Å². The standard InChI is InChI=1S/C14H24N2O/c1-4-16(11-14(10-15)17-5-2)13-8-6-7-12(3)9-13/h6-9,14H,4-5,10-11,15H2,1-3H3. The normalized spacial score (nSPS) is 12.5. The molecular formula is C14H24N2O. The van der Waals surface area contributed by atoms with Gasteiger partial charge in [0.25, 0.3) is 0 Å². The number of benzene rings is 1. The van der Waals surface area contributed by atoms with E-state index in [4.69, 9.17) is 10.5 Å². The molecule has 0 aliphatic rings. The maximum Gasteiger partial charge on any atom is 0.0871 e. The molecule has 3 nitrogen and oxygen atoms in total. The predicted octanol–water partition coefficient (Wildman–Crippen LogP) is 2.19. The van der Waals surface area contributed by atoms with E-state index in [0.29, 0.717) is 13.2 Å². The molecule has 96 valence electrons. The van der Waals surface area contributed by atoms with Crippen molar-refractivity contribution in [3.05, 3.63) is 29.8 Å². The van der Waals surface area contributed by atoms with Gasteiger partial charge >= 0.3 is 0 Å². The maximum atomic E-state index is 5.72. The third-order valence-electron chi connectivity index (χ3n) is 2.84. The Morgan fingerprint density at radius 3 is 2.65 bits per heavy atom. The highest BCUT2D eigenvalue weighted by Gasteiger charge is 2.12. The molecule has 0 heterocycles. The summed E-state index contributed by atoms with van der Waals surface area (Å²) in [5.41, 5.74) is 8.24. The molecule has 2 N–H and O–H groups in total. The number of nitrogens with two attached hydrogens (primary N) is 1. The Morgan fingerprint density at radius 2 is 2.12 bits per heavy atom. The van der Waals surface area contributed by atoms with E-state index in [-0.39, 0.29) is 6.10 Å². The largest absolute Gasteiger partial charge is 0.375 e. The Hall–Kier alpha value is -1.06. The van der Waals surface area contributed by atoms with Crippen LogP contribution < -0.4 is 10.6 Å². The third-order valence-corrected chi connectivity index (χ3v) is 2.84. The second-order valence-electron chi connectivity index (χ2n) is 4.19. The lowest BCUT2D eigenvalue weighted by molar-refractivity contribution is 0.0738. The molecule has 1 rings (SSSR count). The summed E-state index contributed by atoms with van der Waals surface area (Å²) in [7, 11) is 0. The molecule has 0 aliphatic carbocycles. The molecule has 3 heteroatoms. The fourth-order valence-electron chi connectivity index (χ4n) is 1.92. The van der Waals surface area contributed by atoms with Crippen molar-refractivity contribution in [2.45, 2.75) is 26.9 Å². The minimum atomic E-state index is 0.112. The molecule has 1 aromatic rings. The van der Waals surface area contributed by atoms with E-state index in [1.54, 1.807) is 0 Å². The quantitative estimate of drug-likeness (QED) is 0.788. The summed E-state index contributed by atoms with van der Waals surface area (Å²) in [5, 5.41) is 0. The van der Waals surface area contributed by atoms with E-state index < -0.39 is 0 Å². The van der Waals surface area contributed by atoms with Crippen LogP contribution in [0.5, 0.6) is 0 Å². The fraction of sp³-hybridized carbons (Fsp3) is 0.571. The van der Waals surface area contributed by atoms with Crippen LogP contribution in [-0.2, 0) is 4.74 Å². The zero-order valence-electron chi connectivity index (χ0n) is 11.1. The van der Waals surface area contributed by atoms with E-state index in [2.05, 4.69) is 43.0 Å². The van der Waals surface area contributed by atoms with Crippen molar-refractivity contribution in [3.8, 4) is 0 Å². The molecule has 0 spiro atoms. The van der Waals surface area contributed by atoms with E-state index in [9.17, 15) is 0 Å². The van der Waals surface area contributed by atoms with Crippen LogP contribution in [0.4, 0.5) is 5.69 Å². The minimum Gasteiger partial charge on any atom is -0.375 e. The molecule has 0 bridgehead atoms. The zero-order valence-corrected chi connectivity index (χ0v) is 11.1. The summed E-state index contributed by atoms with van der Waals surface area (Å²) >= 11 is 0. The van der Waals surface area contributed by atoms with E-state index in [1.165, 1.54) is 11.3 Å². The number of anilines is 1. The van der Waals surface area contributed by atoms with Gasteiger partial charge in [0.2, 0.25) is 0 Å². The van der Waals surface area contributed by atoms with Crippen LogP contribution in [0.2, 0.25) is 0 Å². The summed E-state index contributed by atoms with van der Waals surface area (Å²) in [6, 6.07) is 8.53. The number of ether oxygens (including phenoxy) is 1. The van der Waals surface area contributed by atoms with Crippen LogP contribution in [0.1, 0.15) is 19.4 Å². The van der Waals surface area contributed by atoms with Gasteiger partial charge in [0.15, 0.2) is 0 Å². The zero-order chi connectivity index (χ0) is 12.7. The number of rotatable bonds is 7. The monoisotopic (exact) mass is 236 g/mol. The Balaban J connectivity index is 2.70. The Bertz CT molecular complexity index is 328. The lowest BCUT2D eigenvalue weighted by Crippen LogP contribution is -2.38. The molecule has 0 aliphatic heterocycles. The maximum absolute atomic E-state index is 5.72. The topological polar surface area (TPSA) is 38.5 Å². The highest BCUT2D eigenvalue weighted by atomic mass is 16.5. The van der Waals surface area contributed by atoms with Gasteiger partial charge in [-0.1, -0.05) is 12.1 Å². The fourth-order valence-corrected chi connectivity index (χ4v) is 1.92. The lowest BCUT2D eigenvalue weighted by atomic mass is 10.2. The van der Waals surface area contributed by atoms with Gasteiger partial charge in [0, 0.05) is 31.9 Å². The molecule has 0 saturated heterocycles. The van der Waals surface area contributed by atoms with Gasteiger partial charge in [0.1, 0.15) is 0 Å². The summed E-state index contributed by atoms with van der Waals surface area (Å²) in [6.45, 7) is 9.37. The Morgan fingerprint density at radius 1 is 1.35 bits per heavy atom. The van der Waals surface area contributed by atoms with Crippen molar-refractivity contribution >= 4 is 5.69 Å². The summed E-state index contributed by atoms with van der Waals surface area (Å²) in [4.78, 5) is 2.31. The predicted molar refractivity (Wildman–Crippen MR) is 73.5 cm³/mol. The summed E-state index contributed by atoms with van der Waals surface area (Å²) in [6.07, 6.45) is 0.112. The molecule has 17 heavy (non-hydrogen) atoms. The van der Waals surface area contributed by atoms with Crippen molar-refractivity contribution in [1.82, 2.24) is 0 Å². The van der Waals surface area contributed by atoms with Crippen LogP contribution >= 0.6 is 0 Å². The van der Waals surface area contributed by atoms with Crippen molar-refractivity contribution in [2.75, 3.05) is 31.1 Å². The number of hydrogen-bond acceptors (Lipinski definition) is 3. The van der Waals surface area contributed by atoms with Crippen LogP contribution in [0.25, 0.3) is 0 Å². The molecule has 0 radical (unpaired) electrons. The molecule has 0 aromatic heterocycles. The van der Waals surface area contributed by atoms with Crippen LogP contribution in [0, 0.1) is 6.92 Å². The smallest absolute Gasteiger partial charge is 0.0871 e. The summed E-state index contributed by atoms with van der Waals surface area (Å²) in [5.74, 6) is 0. The van der Waals surface area contributed by atoms with Gasteiger partial charge in [0.05, 0.1) is 6.10 Å². The first-order valence-corrected chi connectivity index (χ1v) is 6.34. The van der Waals surface area contributed by atoms with Crippen LogP contribution in [0.3, 0.4) is 0 Å². The van der Waals surface area contributed by atoms with Crippen LogP contribution in [0.15, 0.2) is 24.3 Å². The molecule has 0 saturated carbocycles. The molecule has 1 atom stereocenters. The highest BCUT2D eigenvalue weighted by Crippen LogP contribution is 2.16. The van der Waals surface area contributed by atoms with Crippen molar-refractivity contribution in [1.29, 1.82) is 0 Å². The second kappa shape index (κ2) is 7.30. The third kappa shape index (κ3) is 4.36. The lowest BCUT2D eigenvalue weighted by Gasteiger charge is -2.28. The van der Waals surface area contributed by atoms with Crippen molar-refractivity contribution < 1.29 is 4.74 Å². The number of nitrogens with zero attached hydrogens (tertiary/aromatic N) is 1. The van der Waals surface area contributed by atoms with Crippen molar-refractivity contribution in [3.63, 3.8) is 0 Å². The summed E-state index contributed by atoms with van der Waals surface area (Å²) < 4.78 is 5.61. The SMILES string of the molecule is CCOC(CN)CN(CC)c1cccc(C)c1. The molecule has 1 aromatic carbocycles. The Labute approximate surface area is 105 Å². The molecule has 0 fully saturated rings. The number of hydrogen-bond donors (Lipinski definition) is 1. The number of aryl methyl sites for hydroxylation is 1. The number of likely N-dealkylation sites (N-methyl/N-ethyl adjacent to an activating group) is 1. The molecule has 1 unspecified atom stereocenters. The van der Waals surface area contributed by atoms with Gasteiger partial charge in [-0.2, -0.15) is 0 Å². The average Bonchev–Trinajstić information content (AvgIpc) is 2.34. The first kappa shape index (κ1) is 14.0. The first-order valence-electron chi connectivity index (χ1n) is 6.34. The molecule has 0 amide bonds.